The standard InChI is InChI=1S/C13H9BrN2O2S3/c1-6-9-11(19-4-7-2-3-8(14)20-7)15-5-16-12(9)21-10(6)13(17)18/h2-3,5H,4H2,1H3,(H,17,18). The molecule has 4 nitrogen and oxygen atoms in total. The van der Waals surface area contributed by atoms with E-state index in [-0.39, 0.29) is 0 Å². The minimum absolute atomic E-state index is 0.339. The number of aromatic nitrogens is 2. The summed E-state index contributed by atoms with van der Waals surface area (Å²) in [6.07, 6.45) is 1.50. The lowest BCUT2D eigenvalue weighted by molar-refractivity contribution is 0.0701. The van der Waals surface area contributed by atoms with Crippen LogP contribution < -0.4 is 0 Å². The van der Waals surface area contributed by atoms with Crippen molar-refractivity contribution in [3.63, 3.8) is 0 Å². The van der Waals surface area contributed by atoms with Crippen molar-refractivity contribution in [2.75, 3.05) is 0 Å². The molecule has 0 bridgehead atoms. The van der Waals surface area contributed by atoms with E-state index >= 15 is 0 Å². The monoisotopic (exact) mass is 400 g/mol. The third-order valence-electron chi connectivity index (χ3n) is 2.87. The molecule has 0 atom stereocenters. The van der Waals surface area contributed by atoms with Gasteiger partial charge in [-0.05, 0) is 40.5 Å². The van der Waals surface area contributed by atoms with Gasteiger partial charge in [-0.3, -0.25) is 0 Å². The quantitative estimate of drug-likeness (QED) is 0.502. The molecule has 0 unspecified atom stereocenters. The van der Waals surface area contributed by atoms with E-state index in [9.17, 15) is 9.90 Å². The van der Waals surface area contributed by atoms with E-state index in [1.54, 1.807) is 23.1 Å². The molecule has 0 radical (unpaired) electrons. The molecular formula is C13H9BrN2O2S3. The van der Waals surface area contributed by atoms with E-state index in [2.05, 4.69) is 32.0 Å². The molecule has 3 rings (SSSR count). The second-order valence-electron chi connectivity index (χ2n) is 4.21. The summed E-state index contributed by atoms with van der Waals surface area (Å²) in [6.45, 7) is 1.82. The van der Waals surface area contributed by atoms with E-state index in [1.165, 1.54) is 22.5 Å². The number of fused-ring (bicyclic) bond motifs is 1. The summed E-state index contributed by atoms with van der Waals surface area (Å²) in [5, 5.41) is 10.9. The summed E-state index contributed by atoms with van der Waals surface area (Å²) >= 11 is 7.95. The zero-order valence-electron chi connectivity index (χ0n) is 10.8. The number of rotatable bonds is 4. The first kappa shape index (κ1) is 15.0. The number of halogens is 1. The molecule has 0 aliphatic heterocycles. The first-order valence-electron chi connectivity index (χ1n) is 5.90. The fraction of sp³-hybridized carbons (Fsp3) is 0.154. The summed E-state index contributed by atoms with van der Waals surface area (Å²) in [5.74, 6) is -0.103. The van der Waals surface area contributed by atoms with Crippen molar-refractivity contribution in [3.05, 3.63) is 37.6 Å². The van der Waals surface area contributed by atoms with Gasteiger partial charge in [0.1, 0.15) is 21.1 Å². The fourth-order valence-electron chi connectivity index (χ4n) is 1.92. The predicted octanol–water partition coefficient (Wildman–Crippen LogP) is 4.81. The number of nitrogens with zero attached hydrogens (tertiary/aromatic N) is 2. The van der Waals surface area contributed by atoms with Gasteiger partial charge in [-0.25, -0.2) is 14.8 Å². The van der Waals surface area contributed by atoms with Crippen molar-refractivity contribution in [3.8, 4) is 0 Å². The van der Waals surface area contributed by atoms with Crippen LogP contribution in [0, 0.1) is 6.92 Å². The van der Waals surface area contributed by atoms with E-state index in [0.29, 0.717) is 4.88 Å². The third-order valence-corrected chi connectivity index (χ3v) is 6.90. The van der Waals surface area contributed by atoms with Gasteiger partial charge in [0, 0.05) is 16.0 Å². The van der Waals surface area contributed by atoms with Crippen LogP contribution in [0.15, 0.2) is 27.3 Å². The molecular weight excluding hydrogens is 392 g/mol. The number of thiophene rings is 2. The van der Waals surface area contributed by atoms with E-state index in [0.717, 1.165) is 30.3 Å². The van der Waals surface area contributed by atoms with Gasteiger partial charge < -0.3 is 5.11 Å². The number of hydrogen-bond donors (Lipinski definition) is 1. The molecule has 0 aromatic carbocycles. The Bertz CT molecular complexity index is 828. The van der Waals surface area contributed by atoms with Gasteiger partial charge in [0.2, 0.25) is 0 Å². The molecule has 8 heteroatoms. The van der Waals surface area contributed by atoms with Crippen LogP contribution in [0.25, 0.3) is 10.2 Å². The Labute approximate surface area is 141 Å². The minimum atomic E-state index is -0.909. The first-order chi connectivity index (χ1) is 10.1. The Kier molecular flexibility index (Phi) is 4.30. The number of carbonyl (C=O) groups is 1. The molecule has 0 aliphatic rings. The van der Waals surface area contributed by atoms with Crippen LogP contribution in [0.1, 0.15) is 20.1 Å². The van der Waals surface area contributed by atoms with Crippen molar-refractivity contribution in [1.82, 2.24) is 9.97 Å². The maximum absolute atomic E-state index is 11.2. The van der Waals surface area contributed by atoms with Crippen LogP contribution in [0.3, 0.4) is 0 Å². The van der Waals surface area contributed by atoms with Gasteiger partial charge in [0.25, 0.3) is 0 Å². The van der Waals surface area contributed by atoms with Crippen LogP contribution in [0.2, 0.25) is 0 Å². The molecule has 3 aromatic heterocycles. The van der Waals surface area contributed by atoms with Crippen LogP contribution >= 0.6 is 50.4 Å². The van der Waals surface area contributed by atoms with Crippen LogP contribution in [-0.4, -0.2) is 21.0 Å². The maximum Gasteiger partial charge on any atom is 0.346 e. The molecule has 3 aromatic rings. The first-order valence-corrected chi connectivity index (χ1v) is 9.32. The number of aromatic carboxylic acids is 1. The van der Waals surface area contributed by atoms with Crippen molar-refractivity contribution >= 4 is 66.6 Å². The molecule has 0 aliphatic carbocycles. The van der Waals surface area contributed by atoms with Crippen LogP contribution in [0.5, 0.6) is 0 Å². The van der Waals surface area contributed by atoms with Gasteiger partial charge in [-0.2, -0.15) is 0 Å². The van der Waals surface area contributed by atoms with Gasteiger partial charge in [0.05, 0.1) is 3.79 Å². The normalized spacial score (nSPS) is 11.1. The molecule has 0 saturated carbocycles. The summed E-state index contributed by atoms with van der Waals surface area (Å²) in [7, 11) is 0. The summed E-state index contributed by atoms with van der Waals surface area (Å²) in [5.41, 5.74) is 0.748. The average Bonchev–Trinajstić information content (AvgIpc) is 3.01. The molecule has 0 fully saturated rings. The van der Waals surface area contributed by atoms with E-state index in [4.69, 9.17) is 0 Å². The number of hydrogen-bond acceptors (Lipinski definition) is 6. The highest BCUT2D eigenvalue weighted by Crippen LogP contribution is 2.37. The summed E-state index contributed by atoms with van der Waals surface area (Å²) in [4.78, 5) is 22.1. The lowest BCUT2D eigenvalue weighted by atomic mass is 10.2. The number of aryl methyl sites for hydroxylation is 1. The average molecular weight is 401 g/mol. The highest BCUT2D eigenvalue weighted by atomic mass is 79.9. The maximum atomic E-state index is 11.2. The highest BCUT2D eigenvalue weighted by Gasteiger charge is 2.18. The minimum Gasteiger partial charge on any atom is -0.477 e. The largest absolute Gasteiger partial charge is 0.477 e. The second-order valence-corrected chi connectivity index (χ2v) is 8.73. The van der Waals surface area contributed by atoms with Crippen molar-refractivity contribution in [2.45, 2.75) is 17.7 Å². The molecule has 0 spiro atoms. The van der Waals surface area contributed by atoms with Gasteiger partial charge in [-0.1, -0.05) is 0 Å². The Balaban J connectivity index is 1.96. The topological polar surface area (TPSA) is 63.1 Å². The number of thioether (sulfide) groups is 1. The SMILES string of the molecule is Cc1c(C(=O)O)sc2ncnc(SCc3ccc(Br)s3)c12. The predicted molar refractivity (Wildman–Crippen MR) is 90.7 cm³/mol. The number of carboxylic acids is 1. The molecule has 0 amide bonds. The smallest absolute Gasteiger partial charge is 0.346 e. The molecule has 1 N–H and O–H groups in total. The zero-order valence-corrected chi connectivity index (χ0v) is 14.8. The molecule has 3 heterocycles. The Hall–Kier alpha value is -0.960. The lowest BCUT2D eigenvalue weighted by Gasteiger charge is -2.01. The van der Waals surface area contributed by atoms with Gasteiger partial charge in [0.15, 0.2) is 0 Å². The van der Waals surface area contributed by atoms with Crippen molar-refractivity contribution < 1.29 is 9.90 Å². The van der Waals surface area contributed by atoms with Gasteiger partial charge >= 0.3 is 5.97 Å². The Morgan fingerprint density at radius 3 is 2.86 bits per heavy atom. The van der Waals surface area contributed by atoms with E-state index < -0.39 is 5.97 Å². The molecule has 108 valence electrons. The highest BCUT2D eigenvalue weighted by molar-refractivity contribution is 9.11. The molecule has 0 saturated heterocycles. The third kappa shape index (κ3) is 2.98. The van der Waals surface area contributed by atoms with Crippen molar-refractivity contribution in [1.29, 1.82) is 0 Å². The Morgan fingerprint density at radius 2 is 2.19 bits per heavy atom. The van der Waals surface area contributed by atoms with Crippen LogP contribution in [-0.2, 0) is 5.75 Å². The molecule has 21 heavy (non-hydrogen) atoms. The number of carboxylic acid groups (broad SMARTS) is 1. The second kappa shape index (κ2) is 6.04. The van der Waals surface area contributed by atoms with Gasteiger partial charge in [-0.15, -0.1) is 34.4 Å². The van der Waals surface area contributed by atoms with E-state index in [1.807, 2.05) is 13.0 Å². The zero-order chi connectivity index (χ0) is 15.0. The Morgan fingerprint density at radius 1 is 1.38 bits per heavy atom. The lowest BCUT2D eigenvalue weighted by Crippen LogP contribution is -1.94. The van der Waals surface area contributed by atoms with Crippen LogP contribution in [0.4, 0.5) is 0 Å². The summed E-state index contributed by atoms with van der Waals surface area (Å²) in [6, 6.07) is 4.10. The van der Waals surface area contributed by atoms with Crippen molar-refractivity contribution in [2.24, 2.45) is 0 Å². The summed E-state index contributed by atoms with van der Waals surface area (Å²) < 4.78 is 1.10. The fourth-order valence-corrected chi connectivity index (χ4v) is 5.56.